The Morgan fingerprint density at radius 3 is 1.03 bits per heavy atom. The zero-order valence-corrected chi connectivity index (χ0v) is 61.4. The van der Waals surface area contributed by atoms with E-state index in [1.165, 1.54) is 308 Å². The SMILES string of the molecule is CCCCC/C=C\C/C=C\CCCCCCCCCCCCCCCCCC(=O)OC(/C=C/CCCCCCCCCCC)C(COP(=O)(O)OCC[N+](C)(C)C)NC(=O)CCCCCCCCCCCCCCCCCCCCCCCCCCCCC. The van der Waals surface area contributed by atoms with E-state index >= 15 is 0 Å². The van der Waals surface area contributed by atoms with E-state index in [0.29, 0.717) is 23.9 Å². The average Bonchev–Trinajstić information content (AvgIpc) is 3.64. The summed E-state index contributed by atoms with van der Waals surface area (Å²) >= 11 is 0. The molecule has 0 saturated carbocycles. The Morgan fingerprint density at radius 2 is 0.685 bits per heavy atom. The van der Waals surface area contributed by atoms with Gasteiger partial charge in [0.1, 0.15) is 19.3 Å². The maximum Gasteiger partial charge on any atom is 0.472 e. The Morgan fingerprint density at radius 1 is 0.393 bits per heavy atom. The number of esters is 1. The lowest BCUT2D eigenvalue weighted by atomic mass is 10.0. The van der Waals surface area contributed by atoms with Gasteiger partial charge in [-0.15, -0.1) is 0 Å². The number of carbonyl (C=O) groups is 2. The quantitative estimate of drug-likeness (QED) is 0.0205. The summed E-state index contributed by atoms with van der Waals surface area (Å²) in [4.78, 5) is 38.0. The van der Waals surface area contributed by atoms with Crippen molar-refractivity contribution in [2.75, 3.05) is 40.9 Å². The first-order valence-corrected chi connectivity index (χ1v) is 40.8. The van der Waals surface area contributed by atoms with Crippen molar-refractivity contribution in [3.05, 3.63) is 36.5 Å². The Labute approximate surface area is 555 Å². The highest BCUT2D eigenvalue weighted by Crippen LogP contribution is 2.43. The molecular weight excluding hydrogens is 1120 g/mol. The fraction of sp³-hybridized carbons (Fsp3) is 0.899. The van der Waals surface area contributed by atoms with Crippen LogP contribution in [0, 0.1) is 0 Å². The molecule has 0 aromatic carbocycles. The van der Waals surface area contributed by atoms with Crippen LogP contribution in [0.5, 0.6) is 0 Å². The minimum Gasteiger partial charge on any atom is -0.456 e. The third-order valence-electron chi connectivity index (χ3n) is 18.1. The largest absolute Gasteiger partial charge is 0.472 e. The molecule has 0 rings (SSSR count). The van der Waals surface area contributed by atoms with Crippen LogP contribution in [0.3, 0.4) is 0 Å². The number of phosphoric ester groups is 1. The number of nitrogens with zero attached hydrogens (tertiary/aromatic N) is 1. The first-order valence-electron chi connectivity index (χ1n) is 39.3. The van der Waals surface area contributed by atoms with Crippen LogP contribution in [0.15, 0.2) is 36.5 Å². The van der Waals surface area contributed by atoms with Crippen molar-refractivity contribution >= 4 is 19.7 Å². The number of phosphoric acid groups is 1. The van der Waals surface area contributed by atoms with E-state index in [1.807, 2.05) is 27.2 Å². The van der Waals surface area contributed by atoms with Crippen LogP contribution in [0.4, 0.5) is 0 Å². The molecule has 0 bridgehead atoms. The molecule has 0 aliphatic heterocycles. The smallest absolute Gasteiger partial charge is 0.456 e. The first-order chi connectivity index (χ1) is 43.4. The van der Waals surface area contributed by atoms with Crippen molar-refractivity contribution in [1.29, 1.82) is 0 Å². The van der Waals surface area contributed by atoms with E-state index in [4.69, 9.17) is 13.8 Å². The van der Waals surface area contributed by atoms with Crippen LogP contribution in [-0.2, 0) is 27.9 Å². The van der Waals surface area contributed by atoms with Crippen LogP contribution in [0.2, 0.25) is 0 Å². The molecule has 0 radical (unpaired) electrons. The summed E-state index contributed by atoms with van der Waals surface area (Å²) < 4.78 is 30.9. The number of unbranched alkanes of at least 4 members (excludes halogenated alkanes) is 53. The summed E-state index contributed by atoms with van der Waals surface area (Å²) in [7, 11) is 1.52. The second kappa shape index (κ2) is 69.1. The molecule has 0 aliphatic carbocycles. The molecule has 9 nitrogen and oxygen atoms in total. The van der Waals surface area contributed by atoms with E-state index < -0.39 is 20.0 Å². The van der Waals surface area contributed by atoms with Crippen molar-refractivity contribution in [3.8, 4) is 0 Å². The Balaban J connectivity index is 4.85. The van der Waals surface area contributed by atoms with E-state index in [9.17, 15) is 19.0 Å². The monoisotopic (exact) mass is 1270 g/mol. The number of amides is 1. The minimum atomic E-state index is -4.45. The molecule has 0 aromatic heterocycles. The molecule has 0 heterocycles. The van der Waals surface area contributed by atoms with Gasteiger partial charge in [0.25, 0.3) is 0 Å². The van der Waals surface area contributed by atoms with Gasteiger partial charge in [0.15, 0.2) is 0 Å². The lowest BCUT2D eigenvalue weighted by Crippen LogP contribution is -2.47. The highest BCUT2D eigenvalue weighted by Gasteiger charge is 2.30. The number of nitrogens with one attached hydrogen (secondary N) is 1. The summed E-state index contributed by atoms with van der Waals surface area (Å²) in [5, 5.41) is 3.08. The lowest BCUT2D eigenvalue weighted by Gasteiger charge is -2.27. The molecule has 1 amide bonds. The molecule has 0 spiro atoms. The van der Waals surface area contributed by atoms with Crippen molar-refractivity contribution in [2.45, 2.75) is 418 Å². The number of allylic oxidation sites excluding steroid dienone is 5. The zero-order valence-electron chi connectivity index (χ0n) is 60.5. The normalized spacial score (nSPS) is 13.6. The number of ether oxygens (including phenoxy) is 1. The number of quaternary nitrogens is 1. The van der Waals surface area contributed by atoms with Crippen LogP contribution in [0.25, 0.3) is 0 Å². The van der Waals surface area contributed by atoms with Gasteiger partial charge in [-0.25, -0.2) is 4.57 Å². The van der Waals surface area contributed by atoms with E-state index in [1.54, 1.807) is 0 Å². The molecular formula is C79H154N2O7P+. The lowest BCUT2D eigenvalue weighted by molar-refractivity contribution is -0.870. The first kappa shape index (κ1) is 87.2. The molecule has 526 valence electrons. The van der Waals surface area contributed by atoms with Crippen molar-refractivity contribution in [2.24, 2.45) is 0 Å². The number of hydrogen-bond acceptors (Lipinski definition) is 6. The Bertz CT molecular complexity index is 1610. The van der Waals surface area contributed by atoms with Gasteiger partial charge in [0.2, 0.25) is 5.91 Å². The van der Waals surface area contributed by atoms with Gasteiger partial charge >= 0.3 is 13.8 Å². The fourth-order valence-electron chi connectivity index (χ4n) is 12.0. The van der Waals surface area contributed by atoms with Crippen LogP contribution >= 0.6 is 7.82 Å². The summed E-state index contributed by atoms with van der Waals surface area (Å²) in [6.45, 7) is 7.06. The number of likely N-dealkylation sites (N-methyl/N-ethyl adjacent to an activating group) is 1. The zero-order chi connectivity index (χ0) is 64.9. The highest BCUT2D eigenvalue weighted by atomic mass is 31.2. The molecule has 10 heteroatoms. The number of hydrogen-bond donors (Lipinski definition) is 2. The van der Waals surface area contributed by atoms with E-state index in [2.05, 4.69) is 56.5 Å². The maximum atomic E-state index is 13.6. The molecule has 0 aromatic rings. The standard InChI is InChI=1S/C79H153N2O7P/c1-7-10-13-16-19-22-25-27-29-31-33-35-37-39-40-42-43-45-47-49-51-53-56-59-62-65-68-71-78(82)80-76(75-87-89(84,85)86-74-73-81(4,5)6)77(70-67-64-61-58-55-24-21-18-15-12-9-3)88-79(83)72-69-66-63-60-57-54-52-50-48-46-44-41-38-36-34-32-30-28-26-23-20-17-14-11-8-2/h20,23,28,30,67,70,76-77H,7-19,21-22,24-27,29,31-66,68-69,71-75H2,1-6H3,(H-,80,82,84,85)/p+1/b23-20-,30-28-,70-67+. The summed E-state index contributed by atoms with van der Waals surface area (Å²) in [5.41, 5.74) is 0. The predicted molar refractivity (Wildman–Crippen MR) is 388 cm³/mol. The highest BCUT2D eigenvalue weighted by molar-refractivity contribution is 7.47. The maximum absolute atomic E-state index is 13.6. The number of rotatable bonds is 73. The molecule has 3 atom stereocenters. The molecule has 89 heavy (non-hydrogen) atoms. The van der Waals surface area contributed by atoms with E-state index in [0.717, 1.165) is 64.2 Å². The van der Waals surface area contributed by atoms with Gasteiger partial charge in [0, 0.05) is 12.8 Å². The van der Waals surface area contributed by atoms with Gasteiger partial charge in [-0.2, -0.15) is 0 Å². The second-order valence-corrected chi connectivity index (χ2v) is 29.7. The van der Waals surface area contributed by atoms with Gasteiger partial charge in [-0.3, -0.25) is 18.6 Å². The molecule has 0 aliphatic rings. The third-order valence-corrected chi connectivity index (χ3v) is 19.1. The number of carbonyl (C=O) groups excluding carboxylic acids is 2. The fourth-order valence-corrected chi connectivity index (χ4v) is 12.8. The molecule has 3 unspecified atom stereocenters. The summed E-state index contributed by atoms with van der Waals surface area (Å²) in [6, 6.07) is -0.845. The second-order valence-electron chi connectivity index (χ2n) is 28.2. The topological polar surface area (TPSA) is 111 Å². The predicted octanol–water partition coefficient (Wildman–Crippen LogP) is 25.4. The van der Waals surface area contributed by atoms with Gasteiger partial charge in [-0.1, -0.05) is 366 Å². The molecule has 0 saturated heterocycles. The Kier molecular flexibility index (Phi) is 67.7. The molecule has 0 fully saturated rings. The van der Waals surface area contributed by atoms with Crippen molar-refractivity contribution in [3.63, 3.8) is 0 Å². The minimum absolute atomic E-state index is 0.0438. The third kappa shape index (κ3) is 70.4. The van der Waals surface area contributed by atoms with Crippen LogP contribution in [-0.4, -0.2) is 74.3 Å². The Hall–Kier alpha value is -1.77. The summed E-state index contributed by atoms with van der Waals surface area (Å²) in [5.74, 6) is -0.481. The van der Waals surface area contributed by atoms with Gasteiger partial charge in [-0.05, 0) is 63.9 Å². The van der Waals surface area contributed by atoms with Gasteiger partial charge < -0.3 is 19.4 Å². The van der Waals surface area contributed by atoms with E-state index in [-0.39, 0.29) is 25.1 Å². The summed E-state index contributed by atoms with van der Waals surface area (Å²) in [6.07, 6.45) is 87.6. The van der Waals surface area contributed by atoms with Crippen molar-refractivity contribution in [1.82, 2.24) is 5.32 Å². The van der Waals surface area contributed by atoms with Crippen molar-refractivity contribution < 1.29 is 37.3 Å². The molecule has 2 N–H and O–H groups in total. The average molecular weight is 1280 g/mol. The van der Waals surface area contributed by atoms with Crippen LogP contribution in [0.1, 0.15) is 406 Å². The van der Waals surface area contributed by atoms with Crippen LogP contribution < -0.4 is 5.32 Å². The van der Waals surface area contributed by atoms with Gasteiger partial charge in [0.05, 0.1) is 33.8 Å².